The molecule has 0 N–H and O–H groups in total. The van der Waals surface area contributed by atoms with E-state index in [4.69, 9.17) is 0 Å². The number of rotatable bonds is 4. The molecule has 0 aliphatic carbocycles. The maximum atomic E-state index is 11.8. The van der Waals surface area contributed by atoms with E-state index in [1.807, 2.05) is 30.5 Å². The highest BCUT2D eigenvalue weighted by Crippen LogP contribution is 2.22. The fraction of sp³-hybridized carbons (Fsp3) is 0.188. The molecular formula is C16H17NO. The van der Waals surface area contributed by atoms with E-state index in [2.05, 4.69) is 31.1 Å². The van der Waals surface area contributed by atoms with Crippen LogP contribution in [-0.4, -0.2) is 10.4 Å². The van der Waals surface area contributed by atoms with Gasteiger partial charge in [-0.2, -0.15) is 0 Å². The molecule has 2 nitrogen and oxygen atoms in total. The third-order valence-corrected chi connectivity index (χ3v) is 2.94. The van der Waals surface area contributed by atoms with Crippen LogP contribution in [0.5, 0.6) is 0 Å². The summed E-state index contributed by atoms with van der Waals surface area (Å²) in [5.41, 5.74) is 3.08. The Morgan fingerprint density at radius 2 is 2.06 bits per heavy atom. The van der Waals surface area contributed by atoms with Gasteiger partial charge in [0.15, 0.2) is 5.78 Å². The minimum Gasteiger partial charge on any atom is -0.343 e. The summed E-state index contributed by atoms with van der Waals surface area (Å²) in [6.45, 7) is 8.48. The normalized spacial score (nSPS) is 10.3. The van der Waals surface area contributed by atoms with Crippen LogP contribution in [0.2, 0.25) is 0 Å². The summed E-state index contributed by atoms with van der Waals surface area (Å²) in [6, 6.07) is 7.95. The van der Waals surface area contributed by atoms with Gasteiger partial charge >= 0.3 is 0 Å². The highest BCUT2D eigenvalue weighted by atomic mass is 16.1. The summed E-state index contributed by atoms with van der Waals surface area (Å²) in [4.78, 5) is 11.8. The first-order valence-corrected chi connectivity index (χ1v) is 6.01. The molecule has 1 aromatic heterocycles. The molecule has 0 saturated heterocycles. The fourth-order valence-electron chi connectivity index (χ4n) is 1.99. The minimum atomic E-state index is -0.0258. The van der Waals surface area contributed by atoms with Crippen molar-refractivity contribution in [2.45, 2.75) is 20.4 Å². The van der Waals surface area contributed by atoms with Crippen molar-refractivity contribution < 1.29 is 4.79 Å². The van der Waals surface area contributed by atoms with Gasteiger partial charge in [0.1, 0.15) is 0 Å². The summed E-state index contributed by atoms with van der Waals surface area (Å²) in [5, 5.41) is 0.990. The zero-order valence-electron chi connectivity index (χ0n) is 10.8. The van der Waals surface area contributed by atoms with Crippen molar-refractivity contribution in [1.29, 1.82) is 0 Å². The number of aromatic nitrogens is 1. The molecule has 18 heavy (non-hydrogen) atoms. The molecule has 0 amide bonds. The van der Waals surface area contributed by atoms with Crippen molar-refractivity contribution in [3.63, 3.8) is 0 Å². The molecule has 2 aromatic rings. The second-order valence-corrected chi connectivity index (χ2v) is 4.56. The Labute approximate surface area is 107 Å². The van der Waals surface area contributed by atoms with Crippen LogP contribution >= 0.6 is 0 Å². The molecule has 0 aliphatic rings. The topological polar surface area (TPSA) is 22.0 Å². The number of hydrogen-bond donors (Lipinski definition) is 0. The van der Waals surface area contributed by atoms with Gasteiger partial charge in [-0.15, -0.1) is 0 Å². The molecule has 0 fully saturated rings. The smallest absolute Gasteiger partial charge is 0.187 e. The lowest BCUT2D eigenvalue weighted by atomic mass is 10.1. The van der Waals surface area contributed by atoms with Gasteiger partial charge in [0.05, 0.1) is 0 Å². The molecule has 2 rings (SSSR count). The maximum absolute atomic E-state index is 11.8. The number of para-hydroxylation sites is 1. The SMILES string of the molecule is C=CC(=O)c1cn(CC=C(C)C)c2ccccc12. The highest BCUT2D eigenvalue weighted by Gasteiger charge is 2.11. The molecule has 0 spiro atoms. The second kappa shape index (κ2) is 5.05. The van der Waals surface area contributed by atoms with Crippen LogP contribution in [0, 0.1) is 0 Å². The molecule has 0 unspecified atom stereocenters. The number of carbonyl (C=O) groups is 1. The summed E-state index contributed by atoms with van der Waals surface area (Å²) < 4.78 is 2.10. The summed E-state index contributed by atoms with van der Waals surface area (Å²) in [7, 11) is 0. The van der Waals surface area contributed by atoms with Gasteiger partial charge in [-0.25, -0.2) is 0 Å². The van der Waals surface area contributed by atoms with Gasteiger partial charge in [-0.05, 0) is 26.0 Å². The molecule has 0 aliphatic heterocycles. The van der Waals surface area contributed by atoms with Gasteiger partial charge in [0.2, 0.25) is 0 Å². The number of benzene rings is 1. The molecule has 92 valence electrons. The first kappa shape index (κ1) is 12.4. The molecular weight excluding hydrogens is 222 g/mol. The molecule has 0 saturated carbocycles. The summed E-state index contributed by atoms with van der Waals surface area (Å²) >= 11 is 0. The molecule has 0 bridgehead atoms. The predicted molar refractivity (Wildman–Crippen MR) is 75.9 cm³/mol. The molecule has 2 heteroatoms. The summed E-state index contributed by atoms with van der Waals surface area (Å²) in [5.74, 6) is -0.0258. The largest absolute Gasteiger partial charge is 0.343 e. The zero-order chi connectivity index (χ0) is 13.1. The van der Waals surface area contributed by atoms with Crippen molar-refractivity contribution in [3.8, 4) is 0 Å². The minimum absolute atomic E-state index is 0.0258. The number of carbonyl (C=O) groups excluding carboxylic acids is 1. The standard InChI is InChI=1S/C16H17NO/c1-4-16(18)14-11-17(10-9-12(2)3)15-8-6-5-7-13(14)15/h4-9,11H,1,10H2,2-3H3. The number of allylic oxidation sites excluding steroid dienone is 3. The summed E-state index contributed by atoms with van der Waals surface area (Å²) in [6.07, 6.45) is 5.43. The Balaban J connectivity index is 2.57. The van der Waals surface area contributed by atoms with E-state index in [0.717, 1.165) is 23.0 Å². The number of nitrogens with zero attached hydrogens (tertiary/aromatic N) is 1. The van der Waals surface area contributed by atoms with Gasteiger partial charge in [0.25, 0.3) is 0 Å². The molecule has 1 aromatic carbocycles. The van der Waals surface area contributed by atoms with Crippen molar-refractivity contribution >= 4 is 16.7 Å². The van der Waals surface area contributed by atoms with Crippen molar-refractivity contribution in [3.05, 3.63) is 60.3 Å². The van der Waals surface area contributed by atoms with E-state index >= 15 is 0 Å². The Kier molecular flexibility index (Phi) is 3.47. The van der Waals surface area contributed by atoms with Crippen molar-refractivity contribution in [2.75, 3.05) is 0 Å². The van der Waals surface area contributed by atoms with E-state index in [1.54, 1.807) is 0 Å². The number of hydrogen-bond acceptors (Lipinski definition) is 1. The average molecular weight is 239 g/mol. The maximum Gasteiger partial charge on any atom is 0.187 e. The highest BCUT2D eigenvalue weighted by molar-refractivity contribution is 6.13. The van der Waals surface area contributed by atoms with E-state index < -0.39 is 0 Å². The van der Waals surface area contributed by atoms with E-state index in [1.165, 1.54) is 11.6 Å². The van der Waals surface area contributed by atoms with E-state index in [-0.39, 0.29) is 5.78 Å². The molecule has 1 heterocycles. The number of fused-ring (bicyclic) bond motifs is 1. The zero-order valence-corrected chi connectivity index (χ0v) is 10.8. The molecule has 0 radical (unpaired) electrons. The third kappa shape index (κ3) is 2.28. The fourth-order valence-corrected chi connectivity index (χ4v) is 1.99. The molecule has 0 atom stereocenters. The second-order valence-electron chi connectivity index (χ2n) is 4.56. The van der Waals surface area contributed by atoms with Crippen molar-refractivity contribution in [1.82, 2.24) is 4.57 Å². The van der Waals surface area contributed by atoms with Crippen LogP contribution in [0.15, 0.2) is 54.8 Å². The lowest BCUT2D eigenvalue weighted by Gasteiger charge is -2.01. The van der Waals surface area contributed by atoms with Crippen LogP contribution in [0.1, 0.15) is 24.2 Å². The third-order valence-electron chi connectivity index (χ3n) is 2.94. The monoisotopic (exact) mass is 239 g/mol. The van der Waals surface area contributed by atoms with Gasteiger partial charge < -0.3 is 4.57 Å². The average Bonchev–Trinajstić information content (AvgIpc) is 2.74. The number of ketones is 1. The van der Waals surface area contributed by atoms with E-state index in [0.29, 0.717) is 0 Å². The van der Waals surface area contributed by atoms with Gasteiger partial charge in [0, 0.05) is 29.2 Å². The lowest BCUT2D eigenvalue weighted by molar-refractivity contribution is 0.104. The van der Waals surface area contributed by atoms with Crippen LogP contribution in [0.4, 0.5) is 0 Å². The predicted octanol–water partition coefficient (Wildman–Crippen LogP) is 3.98. The van der Waals surface area contributed by atoms with Crippen LogP contribution < -0.4 is 0 Å². The Bertz CT molecular complexity index is 628. The Morgan fingerprint density at radius 3 is 2.72 bits per heavy atom. The Hall–Kier alpha value is -2.09. The lowest BCUT2D eigenvalue weighted by Crippen LogP contribution is -1.94. The first-order chi connectivity index (χ1) is 8.63. The van der Waals surface area contributed by atoms with Crippen LogP contribution in [-0.2, 0) is 6.54 Å². The first-order valence-electron chi connectivity index (χ1n) is 6.01. The van der Waals surface area contributed by atoms with Gasteiger partial charge in [-0.3, -0.25) is 4.79 Å². The Morgan fingerprint density at radius 1 is 1.33 bits per heavy atom. The quantitative estimate of drug-likeness (QED) is 0.449. The van der Waals surface area contributed by atoms with Gasteiger partial charge in [-0.1, -0.05) is 36.4 Å². The van der Waals surface area contributed by atoms with E-state index in [9.17, 15) is 4.79 Å². The van der Waals surface area contributed by atoms with Crippen molar-refractivity contribution in [2.24, 2.45) is 0 Å². The van der Waals surface area contributed by atoms with Crippen LogP contribution in [0.3, 0.4) is 0 Å². The van der Waals surface area contributed by atoms with Crippen LogP contribution in [0.25, 0.3) is 10.9 Å².